The molecule has 27 heavy (non-hydrogen) atoms. The van der Waals surface area contributed by atoms with Gasteiger partial charge < -0.3 is 0 Å². The Kier molecular flexibility index (Phi) is 7.58. The predicted octanol–water partition coefficient (Wildman–Crippen LogP) is 7.38. The van der Waals surface area contributed by atoms with Crippen LogP contribution in [0.1, 0.15) is 81.4 Å². The summed E-state index contributed by atoms with van der Waals surface area (Å²) < 4.78 is 0. The minimum Gasteiger partial charge on any atom is -0.0979 e. The van der Waals surface area contributed by atoms with Crippen LogP contribution in [0.25, 0.3) is 0 Å². The Morgan fingerprint density at radius 2 is 1.78 bits per heavy atom. The Bertz CT molecular complexity index is 729. The van der Waals surface area contributed by atoms with Gasteiger partial charge in [-0.05, 0) is 79.5 Å². The molecule has 0 saturated heterocycles. The van der Waals surface area contributed by atoms with Crippen molar-refractivity contribution in [2.45, 2.75) is 71.1 Å². The highest BCUT2D eigenvalue weighted by Gasteiger charge is 2.26. The third-order valence-electron chi connectivity index (χ3n) is 6.20. The molecule has 1 saturated carbocycles. The summed E-state index contributed by atoms with van der Waals surface area (Å²) >= 11 is 0. The molecular formula is C27H34. The van der Waals surface area contributed by atoms with Gasteiger partial charge in [0.25, 0.3) is 0 Å². The average Bonchev–Trinajstić information content (AvgIpc) is 3.17. The first kappa shape index (κ1) is 19.8. The van der Waals surface area contributed by atoms with Crippen molar-refractivity contribution >= 4 is 0 Å². The monoisotopic (exact) mass is 358 g/mol. The van der Waals surface area contributed by atoms with Crippen LogP contribution in [0.4, 0.5) is 0 Å². The fourth-order valence-corrected chi connectivity index (χ4v) is 4.36. The second-order valence-electron chi connectivity index (χ2n) is 8.39. The highest BCUT2D eigenvalue weighted by molar-refractivity contribution is 5.37. The van der Waals surface area contributed by atoms with E-state index in [1.54, 1.807) is 0 Å². The molecule has 1 aliphatic carbocycles. The molecule has 0 heterocycles. The van der Waals surface area contributed by atoms with E-state index < -0.39 is 0 Å². The predicted molar refractivity (Wildman–Crippen MR) is 117 cm³/mol. The van der Waals surface area contributed by atoms with Crippen LogP contribution in [0.15, 0.2) is 54.6 Å². The molecule has 0 aliphatic heterocycles. The van der Waals surface area contributed by atoms with E-state index in [1.807, 2.05) is 0 Å². The maximum atomic E-state index is 3.35. The van der Waals surface area contributed by atoms with Crippen LogP contribution in [0.5, 0.6) is 0 Å². The Labute approximate surface area is 166 Å². The Morgan fingerprint density at radius 1 is 1.00 bits per heavy atom. The van der Waals surface area contributed by atoms with Crippen molar-refractivity contribution in [1.82, 2.24) is 0 Å². The quantitative estimate of drug-likeness (QED) is 0.358. The maximum absolute atomic E-state index is 3.35. The lowest BCUT2D eigenvalue weighted by Crippen LogP contribution is -2.02. The lowest BCUT2D eigenvalue weighted by atomic mass is 9.90. The van der Waals surface area contributed by atoms with E-state index in [9.17, 15) is 0 Å². The van der Waals surface area contributed by atoms with Gasteiger partial charge >= 0.3 is 0 Å². The van der Waals surface area contributed by atoms with E-state index in [1.165, 1.54) is 43.2 Å². The minimum atomic E-state index is 0.770. The first-order chi connectivity index (χ1) is 13.2. The van der Waals surface area contributed by atoms with Gasteiger partial charge in [0.05, 0.1) is 0 Å². The number of aryl methyl sites for hydroxylation is 1. The number of unbranched alkanes of at least 4 members (excludes halogenated alkanes) is 1. The van der Waals surface area contributed by atoms with Crippen LogP contribution >= 0.6 is 0 Å². The van der Waals surface area contributed by atoms with E-state index in [2.05, 4.69) is 80.3 Å². The van der Waals surface area contributed by atoms with E-state index >= 15 is 0 Å². The topological polar surface area (TPSA) is 0 Å². The van der Waals surface area contributed by atoms with Crippen molar-refractivity contribution in [1.29, 1.82) is 0 Å². The molecule has 0 N–H and O–H groups in total. The van der Waals surface area contributed by atoms with Gasteiger partial charge in [-0.15, -0.1) is 0 Å². The van der Waals surface area contributed by atoms with E-state index in [0.717, 1.165) is 42.6 Å². The van der Waals surface area contributed by atoms with Crippen LogP contribution in [0.3, 0.4) is 0 Å². The summed E-state index contributed by atoms with van der Waals surface area (Å²) in [7, 11) is 0. The number of hydrogen-bond acceptors (Lipinski definition) is 0. The molecule has 0 bridgehead atoms. The van der Waals surface area contributed by atoms with Crippen LogP contribution in [-0.4, -0.2) is 0 Å². The summed E-state index contributed by atoms with van der Waals surface area (Å²) in [6.45, 7) is 4.72. The Hall–Kier alpha value is -2.00. The average molecular weight is 359 g/mol. The van der Waals surface area contributed by atoms with Gasteiger partial charge in [-0.2, -0.15) is 0 Å². The second kappa shape index (κ2) is 10.4. The highest BCUT2D eigenvalue weighted by Crippen LogP contribution is 2.41. The van der Waals surface area contributed by atoms with E-state index in [4.69, 9.17) is 0 Å². The lowest BCUT2D eigenvalue weighted by molar-refractivity contribution is 0.386. The molecule has 0 radical (unpaired) electrons. The summed E-state index contributed by atoms with van der Waals surface area (Å²) in [5.74, 6) is 9.28. The second-order valence-corrected chi connectivity index (χ2v) is 8.39. The summed E-state index contributed by atoms with van der Waals surface area (Å²) in [5.41, 5.74) is 4.09. The number of rotatable bonds is 7. The first-order valence-corrected chi connectivity index (χ1v) is 10.9. The SMILES string of the molecule is CCC(C)CC1CCC(c2ccc(C#CCCCc3ccccc3)cc2)C1. The largest absolute Gasteiger partial charge is 0.0979 e. The Morgan fingerprint density at radius 3 is 2.52 bits per heavy atom. The van der Waals surface area contributed by atoms with Crippen molar-refractivity contribution in [2.75, 3.05) is 0 Å². The summed E-state index contributed by atoms with van der Waals surface area (Å²) in [6, 6.07) is 19.8. The zero-order chi connectivity index (χ0) is 18.9. The summed E-state index contributed by atoms with van der Waals surface area (Å²) in [6.07, 6.45) is 10.1. The molecule has 2 aromatic carbocycles. The molecule has 1 fully saturated rings. The molecule has 0 amide bonds. The standard InChI is InChI=1S/C27H34/c1-3-22(2)20-25-16-19-27(21-25)26-17-14-24(15-18-26)13-9-5-8-12-23-10-6-4-7-11-23/h4,6-7,10-11,14-15,17-18,22,25,27H,3,5,8,12,16,19-21H2,1-2H3. The molecule has 3 atom stereocenters. The maximum Gasteiger partial charge on any atom is 0.0245 e. The van der Waals surface area contributed by atoms with Gasteiger partial charge in [-0.25, -0.2) is 0 Å². The lowest BCUT2D eigenvalue weighted by Gasteiger charge is -2.15. The Balaban J connectivity index is 1.44. The van der Waals surface area contributed by atoms with Gasteiger partial charge in [-0.1, -0.05) is 74.6 Å². The van der Waals surface area contributed by atoms with Gasteiger partial charge in [-0.3, -0.25) is 0 Å². The molecule has 3 rings (SSSR count). The van der Waals surface area contributed by atoms with Crippen molar-refractivity contribution in [2.24, 2.45) is 11.8 Å². The zero-order valence-corrected chi connectivity index (χ0v) is 17.1. The van der Waals surface area contributed by atoms with Crippen LogP contribution in [-0.2, 0) is 6.42 Å². The van der Waals surface area contributed by atoms with Gasteiger partial charge in [0.1, 0.15) is 0 Å². The first-order valence-electron chi connectivity index (χ1n) is 10.9. The number of benzene rings is 2. The van der Waals surface area contributed by atoms with Gasteiger partial charge in [0.2, 0.25) is 0 Å². The van der Waals surface area contributed by atoms with Crippen molar-refractivity contribution in [3.05, 3.63) is 71.3 Å². The molecule has 1 aliphatic rings. The van der Waals surface area contributed by atoms with E-state index in [0.29, 0.717) is 0 Å². The van der Waals surface area contributed by atoms with Crippen molar-refractivity contribution in [3.8, 4) is 11.8 Å². The third-order valence-corrected chi connectivity index (χ3v) is 6.20. The molecule has 0 nitrogen and oxygen atoms in total. The normalized spacial score (nSPS) is 20.1. The molecule has 3 unspecified atom stereocenters. The zero-order valence-electron chi connectivity index (χ0n) is 17.1. The van der Waals surface area contributed by atoms with Crippen molar-refractivity contribution < 1.29 is 0 Å². The minimum absolute atomic E-state index is 0.770. The molecule has 142 valence electrons. The van der Waals surface area contributed by atoms with Crippen LogP contribution in [0.2, 0.25) is 0 Å². The van der Waals surface area contributed by atoms with Crippen LogP contribution < -0.4 is 0 Å². The molecule has 0 aromatic heterocycles. The molecule has 2 aromatic rings. The van der Waals surface area contributed by atoms with Crippen molar-refractivity contribution in [3.63, 3.8) is 0 Å². The fraction of sp³-hybridized carbons (Fsp3) is 0.481. The molecule has 0 heteroatoms. The van der Waals surface area contributed by atoms with Gasteiger partial charge in [0, 0.05) is 12.0 Å². The van der Waals surface area contributed by atoms with Gasteiger partial charge in [0.15, 0.2) is 0 Å². The van der Waals surface area contributed by atoms with Crippen LogP contribution in [0, 0.1) is 23.7 Å². The summed E-state index contributed by atoms with van der Waals surface area (Å²) in [5, 5.41) is 0. The smallest absolute Gasteiger partial charge is 0.0245 e. The highest BCUT2D eigenvalue weighted by atomic mass is 14.3. The molecular weight excluding hydrogens is 324 g/mol. The van der Waals surface area contributed by atoms with E-state index in [-0.39, 0.29) is 0 Å². The summed E-state index contributed by atoms with van der Waals surface area (Å²) in [4.78, 5) is 0. The number of hydrogen-bond donors (Lipinski definition) is 0. The molecule has 0 spiro atoms. The fourth-order valence-electron chi connectivity index (χ4n) is 4.36. The third kappa shape index (κ3) is 6.28.